The molecule has 3 atom stereocenters. The van der Waals surface area contributed by atoms with E-state index in [-0.39, 0.29) is 6.04 Å². The third kappa shape index (κ3) is 3.69. The maximum atomic E-state index is 12.5. The molecule has 110 valence electrons. The second-order valence-electron chi connectivity index (χ2n) is 6.32. The standard InChI is InChI=1S/C15H29N3O/c1-12-7-3-6-10-18(12)15(19)11-17-9-5-4-8-14(17)13(2)16/h12-14H,3-11,16H2,1-2H3. The van der Waals surface area contributed by atoms with Gasteiger partial charge in [0.1, 0.15) is 0 Å². The summed E-state index contributed by atoms with van der Waals surface area (Å²) in [5.74, 6) is 0.305. The lowest BCUT2D eigenvalue weighted by atomic mass is 9.96. The van der Waals surface area contributed by atoms with Gasteiger partial charge in [0.2, 0.25) is 5.91 Å². The number of hydrogen-bond acceptors (Lipinski definition) is 3. The molecule has 4 nitrogen and oxygen atoms in total. The summed E-state index contributed by atoms with van der Waals surface area (Å²) in [6.45, 7) is 6.78. The minimum absolute atomic E-state index is 0.159. The van der Waals surface area contributed by atoms with Gasteiger partial charge in [0, 0.05) is 24.7 Å². The first-order chi connectivity index (χ1) is 9.09. The lowest BCUT2D eigenvalue weighted by Crippen LogP contribution is -2.54. The van der Waals surface area contributed by atoms with Gasteiger partial charge in [0.15, 0.2) is 0 Å². The van der Waals surface area contributed by atoms with Crippen LogP contribution in [-0.2, 0) is 4.79 Å². The van der Waals surface area contributed by atoms with Gasteiger partial charge in [-0.3, -0.25) is 9.69 Å². The van der Waals surface area contributed by atoms with Crippen LogP contribution in [0.2, 0.25) is 0 Å². The van der Waals surface area contributed by atoms with Crippen LogP contribution in [0.3, 0.4) is 0 Å². The highest BCUT2D eigenvalue weighted by Gasteiger charge is 2.30. The van der Waals surface area contributed by atoms with Crippen LogP contribution in [0, 0.1) is 0 Å². The van der Waals surface area contributed by atoms with E-state index in [9.17, 15) is 4.79 Å². The number of carbonyl (C=O) groups is 1. The Morgan fingerprint density at radius 1 is 1.21 bits per heavy atom. The normalized spacial score (nSPS) is 31.2. The highest BCUT2D eigenvalue weighted by molar-refractivity contribution is 5.78. The number of likely N-dealkylation sites (tertiary alicyclic amines) is 2. The summed E-state index contributed by atoms with van der Waals surface area (Å²) in [6.07, 6.45) is 7.16. The van der Waals surface area contributed by atoms with Crippen LogP contribution in [0.1, 0.15) is 52.4 Å². The zero-order chi connectivity index (χ0) is 13.8. The Hall–Kier alpha value is -0.610. The van der Waals surface area contributed by atoms with E-state index >= 15 is 0 Å². The van der Waals surface area contributed by atoms with E-state index in [2.05, 4.69) is 23.6 Å². The van der Waals surface area contributed by atoms with Gasteiger partial charge in [-0.15, -0.1) is 0 Å². The van der Waals surface area contributed by atoms with Gasteiger partial charge >= 0.3 is 0 Å². The zero-order valence-corrected chi connectivity index (χ0v) is 12.5. The number of rotatable bonds is 3. The average Bonchev–Trinajstić information content (AvgIpc) is 2.39. The van der Waals surface area contributed by atoms with Gasteiger partial charge < -0.3 is 10.6 Å². The van der Waals surface area contributed by atoms with Gasteiger partial charge in [-0.1, -0.05) is 6.42 Å². The number of piperidine rings is 2. The van der Waals surface area contributed by atoms with Gasteiger partial charge in [0.05, 0.1) is 6.54 Å². The SMILES string of the molecule is CC(N)C1CCCCN1CC(=O)N1CCCCC1C. The van der Waals surface area contributed by atoms with Gasteiger partial charge in [0.25, 0.3) is 0 Å². The summed E-state index contributed by atoms with van der Waals surface area (Å²) in [4.78, 5) is 16.9. The molecule has 1 amide bonds. The molecule has 2 heterocycles. The molecule has 2 saturated heterocycles. The van der Waals surface area contributed by atoms with Crippen molar-refractivity contribution in [2.24, 2.45) is 5.73 Å². The van der Waals surface area contributed by atoms with E-state index in [1.165, 1.54) is 19.3 Å². The summed E-state index contributed by atoms with van der Waals surface area (Å²) in [5, 5.41) is 0. The zero-order valence-electron chi connectivity index (χ0n) is 12.5. The molecular formula is C15H29N3O. The molecule has 2 aliphatic rings. The largest absolute Gasteiger partial charge is 0.339 e. The summed E-state index contributed by atoms with van der Waals surface area (Å²) in [7, 11) is 0. The van der Waals surface area contributed by atoms with Crippen LogP contribution < -0.4 is 5.73 Å². The van der Waals surface area contributed by atoms with Gasteiger partial charge in [-0.05, 0) is 52.5 Å². The minimum Gasteiger partial charge on any atom is -0.339 e. The topological polar surface area (TPSA) is 49.6 Å². The molecular weight excluding hydrogens is 238 g/mol. The number of carbonyl (C=O) groups excluding carboxylic acids is 1. The smallest absolute Gasteiger partial charge is 0.236 e. The Labute approximate surface area is 117 Å². The van der Waals surface area contributed by atoms with Crippen molar-refractivity contribution in [3.05, 3.63) is 0 Å². The third-order valence-corrected chi connectivity index (χ3v) is 4.73. The van der Waals surface area contributed by atoms with Crippen molar-refractivity contribution in [2.45, 2.75) is 70.5 Å². The molecule has 2 rings (SSSR count). The van der Waals surface area contributed by atoms with Crippen LogP contribution >= 0.6 is 0 Å². The molecule has 19 heavy (non-hydrogen) atoms. The van der Waals surface area contributed by atoms with E-state index in [1.807, 2.05) is 0 Å². The van der Waals surface area contributed by atoms with Crippen molar-refractivity contribution in [1.82, 2.24) is 9.80 Å². The molecule has 2 N–H and O–H groups in total. The first-order valence-electron chi connectivity index (χ1n) is 7.88. The minimum atomic E-state index is 0.159. The first kappa shape index (κ1) is 14.8. The Morgan fingerprint density at radius 3 is 2.58 bits per heavy atom. The van der Waals surface area contributed by atoms with Crippen molar-refractivity contribution >= 4 is 5.91 Å². The van der Waals surface area contributed by atoms with E-state index in [4.69, 9.17) is 5.73 Å². The van der Waals surface area contributed by atoms with Crippen LogP contribution in [0.25, 0.3) is 0 Å². The molecule has 0 aromatic heterocycles. The monoisotopic (exact) mass is 267 g/mol. The fourth-order valence-corrected chi connectivity index (χ4v) is 3.54. The van der Waals surface area contributed by atoms with Crippen molar-refractivity contribution in [3.8, 4) is 0 Å². The molecule has 0 aromatic rings. The van der Waals surface area contributed by atoms with Crippen LogP contribution in [0.15, 0.2) is 0 Å². The second-order valence-corrected chi connectivity index (χ2v) is 6.32. The number of hydrogen-bond donors (Lipinski definition) is 1. The average molecular weight is 267 g/mol. The fraction of sp³-hybridized carbons (Fsp3) is 0.933. The Morgan fingerprint density at radius 2 is 1.89 bits per heavy atom. The van der Waals surface area contributed by atoms with E-state index < -0.39 is 0 Å². The summed E-state index contributed by atoms with van der Waals surface area (Å²) < 4.78 is 0. The lowest BCUT2D eigenvalue weighted by molar-refractivity contribution is -0.136. The number of nitrogens with zero attached hydrogens (tertiary/aromatic N) is 2. The molecule has 0 bridgehead atoms. The van der Waals surface area contributed by atoms with E-state index in [1.54, 1.807) is 0 Å². The fourth-order valence-electron chi connectivity index (χ4n) is 3.54. The Bertz CT molecular complexity index is 306. The summed E-state index contributed by atoms with van der Waals surface area (Å²) in [6, 6.07) is 0.962. The number of nitrogens with two attached hydrogens (primary N) is 1. The second kappa shape index (κ2) is 6.71. The molecule has 2 aliphatic heterocycles. The number of amides is 1. The molecule has 0 spiro atoms. The molecule has 0 radical (unpaired) electrons. The predicted molar refractivity (Wildman–Crippen MR) is 77.9 cm³/mol. The van der Waals surface area contributed by atoms with Crippen molar-refractivity contribution in [1.29, 1.82) is 0 Å². The predicted octanol–water partition coefficient (Wildman–Crippen LogP) is 1.59. The van der Waals surface area contributed by atoms with Crippen LogP contribution in [0.5, 0.6) is 0 Å². The van der Waals surface area contributed by atoms with E-state index in [0.29, 0.717) is 24.5 Å². The van der Waals surface area contributed by atoms with Crippen molar-refractivity contribution in [3.63, 3.8) is 0 Å². The van der Waals surface area contributed by atoms with Crippen LogP contribution in [0.4, 0.5) is 0 Å². The third-order valence-electron chi connectivity index (χ3n) is 4.73. The summed E-state index contributed by atoms with van der Waals surface area (Å²) >= 11 is 0. The highest BCUT2D eigenvalue weighted by atomic mass is 16.2. The highest BCUT2D eigenvalue weighted by Crippen LogP contribution is 2.21. The lowest BCUT2D eigenvalue weighted by Gasteiger charge is -2.40. The maximum Gasteiger partial charge on any atom is 0.236 e. The molecule has 0 saturated carbocycles. The summed E-state index contributed by atoms with van der Waals surface area (Å²) in [5.41, 5.74) is 6.07. The molecule has 2 fully saturated rings. The van der Waals surface area contributed by atoms with Crippen molar-refractivity contribution in [2.75, 3.05) is 19.6 Å². The van der Waals surface area contributed by atoms with Crippen LogP contribution in [-0.4, -0.2) is 53.5 Å². The van der Waals surface area contributed by atoms with Crippen molar-refractivity contribution < 1.29 is 4.79 Å². The Balaban J connectivity index is 1.92. The first-order valence-corrected chi connectivity index (χ1v) is 7.88. The molecule has 4 heteroatoms. The van der Waals surface area contributed by atoms with Gasteiger partial charge in [-0.2, -0.15) is 0 Å². The maximum absolute atomic E-state index is 12.5. The Kier molecular flexibility index (Phi) is 5.22. The quantitative estimate of drug-likeness (QED) is 0.845. The molecule has 0 aromatic carbocycles. The van der Waals surface area contributed by atoms with E-state index in [0.717, 1.165) is 32.4 Å². The molecule has 0 aliphatic carbocycles. The molecule has 3 unspecified atom stereocenters. The van der Waals surface area contributed by atoms with Gasteiger partial charge in [-0.25, -0.2) is 0 Å².